The van der Waals surface area contributed by atoms with Gasteiger partial charge in [-0.1, -0.05) is 15.9 Å². The van der Waals surface area contributed by atoms with Gasteiger partial charge in [-0.3, -0.25) is 19.1 Å². The standard InChI is InChI=1S/C11H13BrF2N2O3/c1-10(2,9(18)19-3)7-5-16(8(17)4-15-7)11(13,14)6-12/h4-5H,6H2,1-3H3. The van der Waals surface area contributed by atoms with E-state index in [-0.39, 0.29) is 10.3 Å². The third-order valence-corrected chi connectivity index (χ3v) is 3.33. The van der Waals surface area contributed by atoms with Gasteiger partial charge in [-0.05, 0) is 13.8 Å². The first-order valence-corrected chi connectivity index (χ1v) is 6.41. The molecule has 1 heterocycles. The number of aromatic nitrogens is 2. The molecular formula is C11H13BrF2N2O3. The summed E-state index contributed by atoms with van der Waals surface area (Å²) in [7, 11) is 1.19. The average Bonchev–Trinajstić information content (AvgIpc) is 2.37. The van der Waals surface area contributed by atoms with Gasteiger partial charge in [0.15, 0.2) is 0 Å². The van der Waals surface area contributed by atoms with Crippen molar-refractivity contribution in [1.29, 1.82) is 0 Å². The van der Waals surface area contributed by atoms with Gasteiger partial charge in [0.25, 0.3) is 5.56 Å². The molecule has 0 N–H and O–H groups in total. The Morgan fingerprint density at radius 3 is 2.58 bits per heavy atom. The summed E-state index contributed by atoms with van der Waals surface area (Å²) in [6, 6.07) is -3.40. The molecule has 0 aromatic carbocycles. The second-order valence-electron chi connectivity index (χ2n) is 4.40. The van der Waals surface area contributed by atoms with E-state index >= 15 is 0 Å². The molecule has 1 rings (SSSR count). The molecule has 0 aliphatic rings. The lowest BCUT2D eigenvalue weighted by Crippen LogP contribution is -2.39. The number of hydrogen-bond acceptors (Lipinski definition) is 4. The highest BCUT2D eigenvalue weighted by Gasteiger charge is 2.36. The summed E-state index contributed by atoms with van der Waals surface area (Å²) in [5, 5.41) is -0.720. The van der Waals surface area contributed by atoms with Crippen LogP contribution in [0, 0.1) is 0 Å². The van der Waals surface area contributed by atoms with Crippen LogP contribution in [0.1, 0.15) is 19.5 Å². The maximum Gasteiger partial charge on any atom is 0.341 e. The largest absolute Gasteiger partial charge is 0.468 e. The van der Waals surface area contributed by atoms with Crippen molar-refractivity contribution in [2.45, 2.75) is 25.3 Å². The molecule has 0 atom stereocenters. The number of hydrogen-bond donors (Lipinski definition) is 0. The topological polar surface area (TPSA) is 61.2 Å². The Bertz CT molecular complexity index is 543. The Kier molecular flexibility index (Phi) is 4.44. The maximum absolute atomic E-state index is 13.6. The van der Waals surface area contributed by atoms with Crippen LogP contribution < -0.4 is 5.56 Å². The molecule has 0 bridgehead atoms. The zero-order chi connectivity index (χ0) is 14.8. The summed E-state index contributed by atoms with van der Waals surface area (Å²) in [6.07, 6.45) is 1.64. The van der Waals surface area contributed by atoms with Gasteiger partial charge >= 0.3 is 12.0 Å². The first kappa shape index (κ1) is 15.7. The molecule has 106 valence electrons. The van der Waals surface area contributed by atoms with Crippen molar-refractivity contribution in [3.8, 4) is 0 Å². The van der Waals surface area contributed by atoms with Crippen molar-refractivity contribution in [3.63, 3.8) is 0 Å². The fourth-order valence-electron chi connectivity index (χ4n) is 1.41. The minimum absolute atomic E-state index is 0.0274. The summed E-state index contributed by atoms with van der Waals surface area (Å²) in [4.78, 5) is 26.8. The number of esters is 1. The molecule has 0 aliphatic carbocycles. The van der Waals surface area contributed by atoms with Crippen LogP contribution in [0.15, 0.2) is 17.2 Å². The van der Waals surface area contributed by atoms with Crippen LogP contribution in [0.3, 0.4) is 0 Å². The fourth-order valence-corrected chi connectivity index (χ4v) is 1.68. The zero-order valence-corrected chi connectivity index (χ0v) is 12.2. The Labute approximate surface area is 116 Å². The number of carbonyl (C=O) groups excluding carboxylic acids is 1. The number of halogens is 3. The minimum atomic E-state index is -3.40. The van der Waals surface area contributed by atoms with E-state index in [1.807, 2.05) is 0 Å². The number of carbonyl (C=O) groups is 1. The van der Waals surface area contributed by atoms with E-state index in [1.165, 1.54) is 21.0 Å². The quantitative estimate of drug-likeness (QED) is 0.618. The molecule has 0 fully saturated rings. The van der Waals surface area contributed by atoms with Crippen molar-refractivity contribution in [2.75, 3.05) is 12.4 Å². The molecule has 19 heavy (non-hydrogen) atoms. The fraction of sp³-hybridized carbons (Fsp3) is 0.545. The average molecular weight is 339 g/mol. The van der Waals surface area contributed by atoms with Gasteiger partial charge < -0.3 is 4.74 Å². The van der Waals surface area contributed by atoms with E-state index in [2.05, 4.69) is 25.7 Å². The lowest BCUT2D eigenvalue weighted by atomic mass is 9.90. The number of alkyl halides is 3. The SMILES string of the molecule is COC(=O)C(C)(C)c1cn(C(F)(F)CBr)c(=O)cn1. The van der Waals surface area contributed by atoms with Gasteiger partial charge in [-0.2, -0.15) is 8.78 Å². The van der Waals surface area contributed by atoms with Gasteiger partial charge in [0.2, 0.25) is 0 Å². The molecule has 0 aliphatic heterocycles. The van der Waals surface area contributed by atoms with Crippen LogP contribution >= 0.6 is 15.9 Å². The minimum Gasteiger partial charge on any atom is -0.468 e. The van der Waals surface area contributed by atoms with Crippen LogP contribution in [0.2, 0.25) is 0 Å². The molecule has 0 radical (unpaired) electrons. The predicted molar refractivity (Wildman–Crippen MR) is 67.5 cm³/mol. The Hall–Kier alpha value is -1.31. The lowest BCUT2D eigenvalue weighted by molar-refractivity contribution is -0.146. The lowest BCUT2D eigenvalue weighted by Gasteiger charge is -2.23. The zero-order valence-electron chi connectivity index (χ0n) is 10.6. The number of ether oxygens (including phenoxy) is 1. The predicted octanol–water partition coefficient (Wildman–Crippen LogP) is 1.64. The number of rotatable bonds is 4. The van der Waals surface area contributed by atoms with Crippen LogP contribution in [0.4, 0.5) is 8.78 Å². The summed E-state index contributed by atoms with van der Waals surface area (Å²) in [5.74, 6) is -0.632. The summed E-state index contributed by atoms with van der Waals surface area (Å²) in [5.41, 5.74) is -2.15. The van der Waals surface area contributed by atoms with Crippen molar-refractivity contribution in [2.24, 2.45) is 0 Å². The monoisotopic (exact) mass is 338 g/mol. The van der Waals surface area contributed by atoms with E-state index in [1.54, 1.807) is 0 Å². The molecule has 0 spiro atoms. The second kappa shape index (κ2) is 5.36. The van der Waals surface area contributed by atoms with Gasteiger partial charge in [-0.25, -0.2) is 0 Å². The molecule has 0 saturated carbocycles. The van der Waals surface area contributed by atoms with Gasteiger partial charge in [-0.15, -0.1) is 0 Å². The second-order valence-corrected chi connectivity index (χ2v) is 4.96. The highest BCUT2D eigenvalue weighted by atomic mass is 79.9. The van der Waals surface area contributed by atoms with Crippen molar-refractivity contribution in [1.82, 2.24) is 9.55 Å². The van der Waals surface area contributed by atoms with Gasteiger partial charge in [0, 0.05) is 6.20 Å². The highest BCUT2D eigenvalue weighted by Crippen LogP contribution is 2.25. The first-order valence-electron chi connectivity index (χ1n) is 5.28. The van der Waals surface area contributed by atoms with Crippen LogP contribution in [-0.2, 0) is 21.0 Å². The molecule has 1 aromatic heterocycles. The third kappa shape index (κ3) is 2.99. The molecular weight excluding hydrogens is 326 g/mol. The molecule has 1 aromatic rings. The van der Waals surface area contributed by atoms with E-state index in [0.717, 1.165) is 12.4 Å². The molecule has 0 unspecified atom stereocenters. The van der Waals surface area contributed by atoms with Crippen LogP contribution in [-0.4, -0.2) is 28.0 Å². The normalized spacial score (nSPS) is 12.3. The number of methoxy groups -OCH3 is 1. The maximum atomic E-state index is 13.6. The van der Waals surface area contributed by atoms with Crippen molar-refractivity contribution in [3.05, 3.63) is 28.4 Å². The van der Waals surface area contributed by atoms with Crippen LogP contribution in [0.5, 0.6) is 0 Å². The number of nitrogens with zero attached hydrogens (tertiary/aromatic N) is 2. The van der Waals surface area contributed by atoms with Crippen LogP contribution in [0.25, 0.3) is 0 Å². The molecule has 8 heteroatoms. The Balaban J connectivity index is 3.39. The summed E-state index contributed by atoms with van der Waals surface area (Å²) < 4.78 is 32.0. The molecule has 5 nitrogen and oxygen atoms in total. The van der Waals surface area contributed by atoms with Crippen molar-refractivity contribution < 1.29 is 18.3 Å². The van der Waals surface area contributed by atoms with E-state index < -0.39 is 28.3 Å². The van der Waals surface area contributed by atoms with Gasteiger partial charge in [0.05, 0.1) is 24.3 Å². The first-order chi connectivity index (χ1) is 8.66. The smallest absolute Gasteiger partial charge is 0.341 e. The summed E-state index contributed by atoms with van der Waals surface area (Å²) >= 11 is 2.64. The van der Waals surface area contributed by atoms with E-state index in [4.69, 9.17) is 0 Å². The third-order valence-electron chi connectivity index (χ3n) is 2.65. The van der Waals surface area contributed by atoms with Gasteiger partial charge in [0.1, 0.15) is 5.41 Å². The molecule has 0 amide bonds. The van der Waals surface area contributed by atoms with E-state index in [9.17, 15) is 18.4 Å². The Morgan fingerprint density at radius 1 is 1.53 bits per heavy atom. The Morgan fingerprint density at radius 2 is 2.11 bits per heavy atom. The highest BCUT2D eigenvalue weighted by molar-refractivity contribution is 9.09. The summed E-state index contributed by atoms with van der Waals surface area (Å²) in [6.45, 7) is 2.95. The molecule has 0 saturated heterocycles. The van der Waals surface area contributed by atoms with Crippen molar-refractivity contribution >= 4 is 21.9 Å². The van der Waals surface area contributed by atoms with E-state index in [0.29, 0.717) is 0 Å².